The predicted molar refractivity (Wildman–Crippen MR) is 72.9 cm³/mol. The van der Waals surface area contributed by atoms with E-state index in [0.717, 1.165) is 25.1 Å². The number of carbonyl (C=O) groups excluding carboxylic acids is 2. The predicted octanol–water partition coefficient (Wildman–Crippen LogP) is 1.35. The molecule has 0 spiro atoms. The Kier molecular flexibility index (Phi) is 4.16. The SMILES string of the molecule is COC(=O)c1ncn(-c2ccccc2[N+](=O)[O-])c1C(=O)OC. The van der Waals surface area contributed by atoms with Crippen LogP contribution in [0.4, 0.5) is 5.69 Å². The summed E-state index contributed by atoms with van der Waals surface area (Å²) in [6, 6.07) is 5.74. The van der Waals surface area contributed by atoms with E-state index in [0.29, 0.717) is 0 Å². The number of imidazole rings is 1. The summed E-state index contributed by atoms with van der Waals surface area (Å²) in [5.41, 5.74) is -0.701. The van der Waals surface area contributed by atoms with Crippen LogP contribution in [0.15, 0.2) is 30.6 Å². The minimum Gasteiger partial charge on any atom is -0.464 e. The molecule has 0 aliphatic carbocycles. The first-order valence-electron chi connectivity index (χ1n) is 5.99. The van der Waals surface area contributed by atoms with Gasteiger partial charge in [-0.05, 0) is 6.07 Å². The minimum atomic E-state index is -0.865. The van der Waals surface area contributed by atoms with Gasteiger partial charge in [0.15, 0.2) is 11.4 Å². The van der Waals surface area contributed by atoms with Crippen molar-refractivity contribution in [3.63, 3.8) is 0 Å². The van der Waals surface area contributed by atoms with Crippen LogP contribution in [-0.4, -0.2) is 40.6 Å². The summed E-state index contributed by atoms with van der Waals surface area (Å²) in [5, 5.41) is 11.1. The third-order valence-electron chi connectivity index (χ3n) is 2.86. The molecule has 0 aliphatic heterocycles. The first-order valence-corrected chi connectivity index (χ1v) is 5.99. The standard InChI is InChI=1S/C13H11N3O6/c1-21-12(17)10-11(13(18)22-2)15(7-14-10)8-5-3-4-6-9(8)16(19)20/h3-7H,1-2H3. The number of methoxy groups -OCH3 is 2. The molecule has 0 bridgehead atoms. The normalized spacial score (nSPS) is 10.1. The highest BCUT2D eigenvalue weighted by Crippen LogP contribution is 2.25. The molecule has 0 saturated carbocycles. The molecule has 22 heavy (non-hydrogen) atoms. The number of benzene rings is 1. The van der Waals surface area contributed by atoms with Gasteiger partial charge in [-0.1, -0.05) is 12.1 Å². The fourth-order valence-corrected chi connectivity index (χ4v) is 1.89. The highest BCUT2D eigenvalue weighted by molar-refractivity contribution is 6.01. The second kappa shape index (κ2) is 6.04. The number of nitro benzene ring substituents is 1. The van der Waals surface area contributed by atoms with Gasteiger partial charge in [0.2, 0.25) is 0 Å². The number of para-hydroxylation sites is 2. The van der Waals surface area contributed by atoms with Crippen LogP contribution < -0.4 is 0 Å². The summed E-state index contributed by atoms with van der Waals surface area (Å²) < 4.78 is 10.3. The summed E-state index contributed by atoms with van der Waals surface area (Å²) in [4.78, 5) is 37.9. The minimum absolute atomic E-state index is 0.0792. The molecule has 1 heterocycles. The van der Waals surface area contributed by atoms with Crippen LogP contribution >= 0.6 is 0 Å². The first kappa shape index (κ1) is 15.2. The lowest BCUT2D eigenvalue weighted by Crippen LogP contribution is -2.15. The van der Waals surface area contributed by atoms with Crippen LogP contribution in [0.2, 0.25) is 0 Å². The van der Waals surface area contributed by atoms with Crippen LogP contribution in [0.5, 0.6) is 0 Å². The Morgan fingerprint density at radius 3 is 2.41 bits per heavy atom. The second-order valence-electron chi connectivity index (χ2n) is 4.04. The van der Waals surface area contributed by atoms with Crippen molar-refractivity contribution in [3.05, 3.63) is 52.1 Å². The summed E-state index contributed by atoms with van der Waals surface area (Å²) >= 11 is 0. The van der Waals surface area contributed by atoms with Crippen molar-refractivity contribution >= 4 is 17.6 Å². The average molecular weight is 305 g/mol. The van der Waals surface area contributed by atoms with Crippen LogP contribution in [0, 0.1) is 10.1 Å². The summed E-state index contributed by atoms with van der Waals surface area (Å²) in [7, 11) is 2.26. The molecule has 0 saturated heterocycles. The number of hydrogen-bond donors (Lipinski definition) is 0. The lowest BCUT2D eigenvalue weighted by atomic mass is 10.2. The molecular formula is C13H11N3O6. The van der Waals surface area contributed by atoms with Gasteiger partial charge in [0, 0.05) is 6.07 Å². The Morgan fingerprint density at radius 1 is 1.18 bits per heavy atom. The largest absolute Gasteiger partial charge is 0.464 e. The number of carbonyl (C=O) groups is 2. The van der Waals surface area contributed by atoms with Crippen molar-refractivity contribution in [2.45, 2.75) is 0 Å². The lowest BCUT2D eigenvalue weighted by molar-refractivity contribution is -0.384. The molecule has 0 unspecified atom stereocenters. The first-order chi connectivity index (χ1) is 10.5. The number of aromatic nitrogens is 2. The Labute approximate surface area is 124 Å². The van der Waals surface area contributed by atoms with E-state index in [1.54, 1.807) is 6.07 Å². The molecule has 1 aromatic carbocycles. The third kappa shape index (κ3) is 2.51. The van der Waals surface area contributed by atoms with E-state index in [2.05, 4.69) is 14.5 Å². The molecule has 9 nitrogen and oxygen atoms in total. The molecule has 0 aliphatic rings. The van der Waals surface area contributed by atoms with Gasteiger partial charge in [0.05, 0.1) is 19.1 Å². The van der Waals surface area contributed by atoms with Crippen molar-refractivity contribution in [1.82, 2.24) is 9.55 Å². The molecule has 0 amide bonds. The number of rotatable bonds is 4. The molecular weight excluding hydrogens is 294 g/mol. The van der Waals surface area contributed by atoms with E-state index in [4.69, 9.17) is 0 Å². The van der Waals surface area contributed by atoms with Gasteiger partial charge in [0.25, 0.3) is 5.69 Å². The van der Waals surface area contributed by atoms with E-state index in [1.165, 1.54) is 18.2 Å². The van der Waals surface area contributed by atoms with Gasteiger partial charge in [-0.2, -0.15) is 0 Å². The lowest BCUT2D eigenvalue weighted by Gasteiger charge is -2.08. The molecule has 0 atom stereocenters. The average Bonchev–Trinajstić information content (AvgIpc) is 2.98. The number of hydrogen-bond acceptors (Lipinski definition) is 7. The molecule has 9 heteroatoms. The number of ether oxygens (including phenoxy) is 2. The fraction of sp³-hybridized carbons (Fsp3) is 0.154. The quantitative estimate of drug-likeness (QED) is 0.476. The van der Waals surface area contributed by atoms with E-state index >= 15 is 0 Å². The number of nitro groups is 1. The molecule has 2 rings (SSSR count). The Bertz CT molecular complexity index is 752. The maximum Gasteiger partial charge on any atom is 0.359 e. The highest BCUT2D eigenvalue weighted by atomic mass is 16.6. The zero-order chi connectivity index (χ0) is 16.3. The van der Waals surface area contributed by atoms with Gasteiger partial charge in [-0.15, -0.1) is 0 Å². The van der Waals surface area contributed by atoms with Crippen molar-refractivity contribution in [2.75, 3.05) is 14.2 Å². The topological polar surface area (TPSA) is 114 Å². The van der Waals surface area contributed by atoms with Crippen LogP contribution in [0.1, 0.15) is 21.0 Å². The third-order valence-corrected chi connectivity index (χ3v) is 2.86. The van der Waals surface area contributed by atoms with Crippen molar-refractivity contribution in [2.24, 2.45) is 0 Å². The van der Waals surface area contributed by atoms with Crippen molar-refractivity contribution in [3.8, 4) is 5.69 Å². The molecule has 1 aromatic heterocycles. The molecule has 0 radical (unpaired) electrons. The summed E-state index contributed by atoms with van der Waals surface area (Å²) in [5.74, 6) is -1.71. The van der Waals surface area contributed by atoms with Gasteiger partial charge in [-0.3, -0.25) is 14.7 Å². The zero-order valence-electron chi connectivity index (χ0n) is 11.7. The van der Waals surface area contributed by atoms with Crippen molar-refractivity contribution < 1.29 is 24.0 Å². The zero-order valence-corrected chi connectivity index (χ0v) is 11.7. The Hall–Kier alpha value is -3.23. The molecule has 0 fully saturated rings. The maximum absolute atomic E-state index is 11.9. The van der Waals surface area contributed by atoms with Gasteiger partial charge >= 0.3 is 11.9 Å². The molecule has 0 N–H and O–H groups in total. The van der Waals surface area contributed by atoms with Crippen LogP contribution in [0.25, 0.3) is 5.69 Å². The number of esters is 2. The molecule has 114 valence electrons. The van der Waals surface area contributed by atoms with Crippen LogP contribution in [-0.2, 0) is 9.47 Å². The summed E-state index contributed by atoms with van der Waals surface area (Å²) in [6.45, 7) is 0. The van der Waals surface area contributed by atoms with Gasteiger partial charge < -0.3 is 9.47 Å². The van der Waals surface area contributed by atoms with E-state index in [1.807, 2.05) is 0 Å². The van der Waals surface area contributed by atoms with Gasteiger partial charge in [-0.25, -0.2) is 14.6 Å². The maximum atomic E-state index is 11.9. The second-order valence-corrected chi connectivity index (χ2v) is 4.04. The smallest absolute Gasteiger partial charge is 0.359 e. The van der Waals surface area contributed by atoms with Crippen molar-refractivity contribution in [1.29, 1.82) is 0 Å². The van der Waals surface area contributed by atoms with Gasteiger partial charge in [0.1, 0.15) is 12.0 Å². The Balaban J connectivity index is 2.72. The van der Waals surface area contributed by atoms with Crippen LogP contribution in [0.3, 0.4) is 0 Å². The number of nitrogens with zero attached hydrogens (tertiary/aromatic N) is 3. The highest BCUT2D eigenvalue weighted by Gasteiger charge is 2.28. The summed E-state index contributed by atoms with van der Waals surface area (Å²) in [6.07, 6.45) is 1.13. The Morgan fingerprint density at radius 2 is 1.82 bits per heavy atom. The fourth-order valence-electron chi connectivity index (χ4n) is 1.89. The monoisotopic (exact) mass is 305 g/mol. The molecule has 2 aromatic rings. The van der Waals surface area contributed by atoms with E-state index in [9.17, 15) is 19.7 Å². The van der Waals surface area contributed by atoms with E-state index in [-0.39, 0.29) is 22.8 Å². The van der Waals surface area contributed by atoms with E-state index < -0.39 is 16.9 Å².